The van der Waals surface area contributed by atoms with Gasteiger partial charge in [0.05, 0.1) is 17.3 Å². The number of nitrogens with one attached hydrogen (secondary N) is 2. The van der Waals surface area contributed by atoms with Gasteiger partial charge >= 0.3 is 0 Å². The van der Waals surface area contributed by atoms with Crippen molar-refractivity contribution in [2.24, 2.45) is 0 Å². The highest BCUT2D eigenvalue weighted by atomic mass is 32.2. The van der Waals surface area contributed by atoms with Crippen molar-refractivity contribution < 1.29 is 14.3 Å². The van der Waals surface area contributed by atoms with Gasteiger partial charge in [-0.25, -0.2) is 4.98 Å². The molecule has 8 heteroatoms. The Balaban J connectivity index is 1.59. The molecule has 162 valence electrons. The SMILES string of the molecule is COc1ccc2nc(NC(=O)C(Sc3cccc(NC(C)=O)c3)c3ccccc3)sc2c1. The van der Waals surface area contributed by atoms with Crippen LogP contribution in [0.3, 0.4) is 0 Å². The molecule has 0 radical (unpaired) electrons. The van der Waals surface area contributed by atoms with E-state index in [4.69, 9.17) is 4.74 Å². The molecule has 2 N–H and O–H groups in total. The summed E-state index contributed by atoms with van der Waals surface area (Å²) in [6.07, 6.45) is 0. The number of aromatic nitrogens is 1. The molecule has 1 unspecified atom stereocenters. The van der Waals surface area contributed by atoms with Crippen LogP contribution in [0.25, 0.3) is 10.2 Å². The van der Waals surface area contributed by atoms with E-state index >= 15 is 0 Å². The first-order chi connectivity index (χ1) is 15.5. The molecule has 2 amide bonds. The fourth-order valence-corrected chi connectivity index (χ4v) is 5.12. The first-order valence-corrected chi connectivity index (χ1v) is 11.6. The van der Waals surface area contributed by atoms with Crippen molar-refractivity contribution >= 4 is 55.9 Å². The van der Waals surface area contributed by atoms with E-state index in [2.05, 4.69) is 15.6 Å². The van der Waals surface area contributed by atoms with Crippen LogP contribution < -0.4 is 15.4 Å². The van der Waals surface area contributed by atoms with E-state index in [1.165, 1.54) is 30.0 Å². The number of carbonyl (C=O) groups excluding carboxylic acids is 2. The first-order valence-electron chi connectivity index (χ1n) is 9.86. The van der Waals surface area contributed by atoms with Crippen LogP contribution in [0.2, 0.25) is 0 Å². The predicted molar refractivity (Wildman–Crippen MR) is 131 cm³/mol. The molecule has 0 aliphatic heterocycles. The Morgan fingerprint density at radius 3 is 2.56 bits per heavy atom. The molecule has 3 aromatic carbocycles. The number of rotatable bonds is 7. The number of ether oxygens (including phenoxy) is 1. The Morgan fingerprint density at radius 1 is 1.00 bits per heavy atom. The molecule has 32 heavy (non-hydrogen) atoms. The third-order valence-corrected chi connectivity index (χ3v) is 6.76. The van der Waals surface area contributed by atoms with E-state index in [9.17, 15) is 9.59 Å². The van der Waals surface area contributed by atoms with Gasteiger partial charge in [-0.2, -0.15) is 0 Å². The summed E-state index contributed by atoms with van der Waals surface area (Å²) in [5.74, 6) is 0.435. The van der Waals surface area contributed by atoms with Gasteiger partial charge in [-0.1, -0.05) is 47.7 Å². The fraction of sp³-hybridized carbons (Fsp3) is 0.125. The second-order valence-electron chi connectivity index (χ2n) is 6.96. The Morgan fingerprint density at radius 2 is 1.81 bits per heavy atom. The smallest absolute Gasteiger partial charge is 0.244 e. The highest BCUT2D eigenvalue weighted by molar-refractivity contribution is 8.00. The Kier molecular flexibility index (Phi) is 6.72. The van der Waals surface area contributed by atoms with E-state index in [1.54, 1.807) is 7.11 Å². The molecule has 1 aromatic heterocycles. The standard InChI is InChI=1S/C24H21N3O3S2/c1-15(28)25-17-9-6-10-19(13-17)31-22(16-7-4-3-5-8-16)23(29)27-24-26-20-12-11-18(30-2)14-21(20)32-24/h3-14,22H,1-2H3,(H,25,28)(H,26,27,29). The lowest BCUT2D eigenvalue weighted by Crippen LogP contribution is -2.19. The highest BCUT2D eigenvalue weighted by Gasteiger charge is 2.23. The van der Waals surface area contributed by atoms with Gasteiger partial charge in [0.1, 0.15) is 11.0 Å². The predicted octanol–water partition coefficient (Wildman–Crippen LogP) is 5.74. The summed E-state index contributed by atoms with van der Waals surface area (Å²) in [4.78, 5) is 30.1. The monoisotopic (exact) mass is 463 g/mol. The summed E-state index contributed by atoms with van der Waals surface area (Å²) in [6.45, 7) is 1.47. The second-order valence-corrected chi connectivity index (χ2v) is 9.17. The van der Waals surface area contributed by atoms with Gasteiger partial charge in [-0.3, -0.25) is 9.59 Å². The Labute approximate surface area is 194 Å². The van der Waals surface area contributed by atoms with Gasteiger partial charge in [-0.05, 0) is 42.0 Å². The number of thioether (sulfide) groups is 1. The molecule has 4 aromatic rings. The second kappa shape index (κ2) is 9.84. The van der Waals surface area contributed by atoms with Crippen LogP contribution in [0.5, 0.6) is 5.75 Å². The third-order valence-electron chi connectivity index (χ3n) is 4.57. The molecular weight excluding hydrogens is 442 g/mol. The van der Waals surface area contributed by atoms with Crippen molar-refractivity contribution in [2.75, 3.05) is 17.7 Å². The molecule has 0 spiro atoms. The molecule has 0 saturated carbocycles. The van der Waals surface area contributed by atoms with Gasteiger partial charge in [0.2, 0.25) is 11.8 Å². The number of fused-ring (bicyclic) bond motifs is 1. The van der Waals surface area contributed by atoms with Crippen molar-refractivity contribution in [3.05, 3.63) is 78.4 Å². The molecule has 0 aliphatic rings. The van der Waals surface area contributed by atoms with E-state index in [-0.39, 0.29) is 11.8 Å². The van der Waals surface area contributed by atoms with Crippen LogP contribution in [-0.4, -0.2) is 23.9 Å². The van der Waals surface area contributed by atoms with Crippen LogP contribution in [0.1, 0.15) is 17.7 Å². The molecule has 1 heterocycles. The highest BCUT2D eigenvalue weighted by Crippen LogP contribution is 2.38. The summed E-state index contributed by atoms with van der Waals surface area (Å²) in [5.41, 5.74) is 2.37. The van der Waals surface area contributed by atoms with Crippen LogP contribution in [0, 0.1) is 0 Å². The minimum absolute atomic E-state index is 0.142. The van der Waals surface area contributed by atoms with Crippen molar-refractivity contribution in [1.29, 1.82) is 0 Å². The van der Waals surface area contributed by atoms with Crippen molar-refractivity contribution in [1.82, 2.24) is 4.98 Å². The maximum atomic E-state index is 13.3. The molecule has 0 saturated heterocycles. The van der Waals surface area contributed by atoms with Crippen LogP contribution in [0.15, 0.2) is 77.7 Å². The van der Waals surface area contributed by atoms with E-state index in [1.807, 2.05) is 72.8 Å². The van der Waals surface area contributed by atoms with Crippen molar-refractivity contribution in [3.63, 3.8) is 0 Å². The molecule has 0 bridgehead atoms. The van der Waals surface area contributed by atoms with E-state index in [0.29, 0.717) is 10.8 Å². The van der Waals surface area contributed by atoms with Gasteiger partial charge in [0.15, 0.2) is 5.13 Å². The Bertz CT molecular complexity index is 1260. The average molecular weight is 464 g/mol. The quantitative estimate of drug-likeness (QED) is 0.342. The molecule has 1 atom stereocenters. The molecular formula is C24H21N3O3S2. The number of nitrogens with zero attached hydrogens (tertiary/aromatic N) is 1. The molecule has 6 nitrogen and oxygen atoms in total. The normalized spacial score (nSPS) is 11.7. The van der Waals surface area contributed by atoms with Gasteiger partial charge in [-0.15, -0.1) is 11.8 Å². The zero-order valence-corrected chi connectivity index (χ0v) is 19.1. The summed E-state index contributed by atoms with van der Waals surface area (Å²) >= 11 is 2.82. The fourth-order valence-electron chi connectivity index (χ4n) is 3.14. The summed E-state index contributed by atoms with van der Waals surface area (Å²) in [7, 11) is 1.62. The van der Waals surface area contributed by atoms with Crippen molar-refractivity contribution in [2.45, 2.75) is 17.1 Å². The minimum Gasteiger partial charge on any atom is -0.497 e. The van der Waals surface area contributed by atoms with Crippen molar-refractivity contribution in [3.8, 4) is 5.75 Å². The lowest BCUT2D eigenvalue weighted by atomic mass is 10.1. The van der Waals surface area contributed by atoms with Crippen LogP contribution in [0.4, 0.5) is 10.8 Å². The number of thiazole rings is 1. The summed E-state index contributed by atoms with van der Waals surface area (Å²) < 4.78 is 6.21. The summed E-state index contributed by atoms with van der Waals surface area (Å²) in [5, 5.41) is 5.79. The largest absolute Gasteiger partial charge is 0.497 e. The average Bonchev–Trinajstić information content (AvgIpc) is 3.19. The number of amides is 2. The van der Waals surface area contributed by atoms with Gasteiger partial charge < -0.3 is 15.4 Å². The van der Waals surface area contributed by atoms with Crippen LogP contribution in [-0.2, 0) is 9.59 Å². The molecule has 0 fully saturated rings. The van der Waals surface area contributed by atoms with E-state index in [0.717, 1.165) is 26.4 Å². The molecule has 0 aliphatic carbocycles. The van der Waals surface area contributed by atoms with Gasteiger partial charge in [0.25, 0.3) is 0 Å². The zero-order valence-electron chi connectivity index (χ0n) is 17.5. The third kappa shape index (κ3) is 5.27. The molecule has 4 rings (SSSR count). The van der Waals surface area contributed by atoms with Crippen LogP contribution >= 0.6 is 23.1 Å². The lowest BCUT2D eigenvalue weighted by molar-refractivity contribution is -0.116. The Hall–Kier alpha value is -3.36. The number of carbonyl (C=O) groups is 2. The topological polar surface area (TPSA) is 80.3 Å². The van der Waals surface area contributed by atoms with Gasteiger partial charge in [0, 0.05) is 17.5 Å². The number of hydrogen-bond acceptors (Lipinski definition) is 6. The number of hydrogen-bond donors (Lipinski definition) is 2. The van der Waals surface area contributed by atoms with E-state index < -0.39 is 5.25 Å². The number of benzene rings is 3. The summed E-state index contributed by atoms with van der Waals surface area (Å²) in [6, 6.07) is 22.7. The first kappa shape index (κ1) is 21.9. The number of anilines is 2. The lowest BCUT2D eigenvalue weighted by Gasteiger charge is -2.16. The maximum Gasteiger partial charge on any atom is 0.244 e. The maximum absolute atomic E-state index is 13.3. The number of methoxy groups -OCH3 is 1. The minimum atomic E-state index is -0.495. The zero-order chi connectivity index (χ0) is 22.5.